The van der Waals surface area contributed by atoms with Gasteiger partial charge in [-0.15, -0.1) is 0 Å². The van der Waals surface area contributed by atoms with Crippen LogP contribution in [0.25, 0.3) is 6.08 Å². The molecule has 3 aromatic rings. The van der Waals surface area contributed by atoms with E-state index in [0.717, 1.165) is 5.56 Å². The van der Waals surface area contributed by atoms with Crippen molar-refractivity contribution >= 4 is 35.0 Å². The van der Waals surface area contributed by atoms with Gasteiger partial charge in [0, 0.05) is 25.2 Å². The van der Waals surface area contributed by atoms with Gasteiger partial charge in [0.2, 0.25) is 5.91 Å². The van der Waals surface area contributed by atoms with E-state index in [4.69, 9.17) is 5.73 Å². The second kappa shape index (κ2) is 8.63. The lowest BCUT2D eigenvalue weighted by Crippen LogP contribution is -2.15. The van der Waals surface area contributed by atoms with Crippen LogP contribution in [0.5, 0.6) is 0 Å². The highest BCUT2D eigenvalue weighted by Gasteiger charge is 2.09. The maximum atomic E-state index is 12.2. The lowest BCUT2D eigenvalue weighted by molar-refractivity contribution is -0.115. The number of rotatable bonds is 6. The summed E-state index contributed by atoms with van der Waals surface area (Å²) in [6, 6.07) is 10.1. The van der Waals surface area contributed by atoms with Gasteiger partial charge in [-0.3, -0.25) is 14.3 Å². The Labute approximate surface area is 162 Å². The van der Waals surface area contributed by atoms with E-state index in [-0.39, 0.29) is 23.9 Å². The third-order valence-corrected chi connectivity index (χ3v) is 3.83. The molecule has 0 fully saturated rings. The number of anilines is 3. The molecule has 4 N–H and O–H groups in total. The minimum Gasteiger partial charge on any atom is -0.397 e. The fourth-order valence-electron chi connectivity index (χ4n) is 2.44. The molecular weight excluding hydrogens is 356 g/mol. The van der Waals surface area contributed by atoms with E-state index in [9.17, 15) is 9.59 Å². The first-order chi connectivity index (χ1) is 13.5. The first kappa shape index (κ1) is 18.8. The largest absolute Gasteiger partial charge is 0.397 e. The monoisotopic (exact) mass is 376 g/mol. The summed E-state index contributed by atoms with van der Waals surface area (Å²) in [5.41, 5.74) is 8.46. The summed E-state index contributed by atoms with van der Waals surface area (Å²) in [6.45, 7) is 0. The zero-order valence-electron chi connectivity index (χ0n) is 15.3. The van der Waals surface area contributed by atoms with Gasteiger partial charge in [-0.2, -0.15) is 5.10 Å². The van der Waals surface area contributed by atoms with E-state index in [0.29, 0.717) is 17.1 Å². The average Bonchev–Trinajstić information content (AvgIpc) is 3.09. The Bertz CT molecular complexity index is 1010. The van der Waals surface area contributed by atoms with Gasteiger partial charge in [0.05, 0.1) is 29.5 Å². The third-order valence-electron chi connectivity index (χ3n) is 3.83. The molecule has 2 aromatic heterocycles. The number of pyridine rings is 1. The fourth-order valence-corrected chi connectivity index (χ4v) is 2.44. The minimum atomic E-state index is -0.379. The minimum absolute atomic E-state index is 0.184. The molecule has 1 aromatic carbocycles. The van der Waals surface area contributed by atoms with Gasteiger partial charge in [-0.05, 0) is 24.3 Å². The summed E-state index contributed by atoms with van der Waals surface area (Å²) in [5, 5.41) is 9.49. The van der Waals surface area contributed by atoms with Gasteiger partial charge in [-0.1, -0.05) is 24.3 Å². The maximum absolute atomic E-state index is 12.2. The van der Waals surface area contributed by atoms with E-state index in [2.05, 4.69) is 20.7 Å². The number of nitrogens with zero attached hydrogens (tertiary/aromatic N) is 3. The van der Waals surface area contributed by atoms with Crippen molar-refractivity contribution in [3.8, 4) is 0 Å². The van der Waals surface area contributed by atoms with E-state index in [1.807, 2.05) is 19.3 Å². The van der Waals surface area contributed by atoms with Crippen LogP contribution in [0.1, 0.15) is 22.5 Å². The molecule has 0 bridgehead atoms. The Morgan fingerprint density at radius 2 is 1.96 bits per heavy atom. The molecule has 0 atom stereocenters. The number of amides is 2. The summed E-state index contributed by atoms with van der Waals surface area (Å²) in [4.78, 5) is 28.3. The van der Waals surface area contributed by atoms with Crippen LogP contribution < -0.4 is 16.4 Å². The molecule has 0 saturated carbocycles. The van der Waals surface area contributed by atoms with Crippen molar-refractivity contribution in [3.05, 3.63) is 72.3 Å². The Balaban J connectivity index is 1.53. The van der Waals surface area contributed by atoms with Crippen LogP contribution in [-0.2, 0) is 11.8 Å². The average molecular weight is 376 g/mol. The van der Waals surface area contributed by atoms with Gasteiger partial charge in [0.15, 0.2) is 0 Å². The van der Waals surface area contributed by atoms with Crippen molar-refractivity contribution in [2.24, 2.45) is 7.05 Å². The van der Waals surface area contributed by atoms with Crippen molar-refractivity contribution < 1.29 is 9.59 Å². The van der Waals surface area contributed by atoms with Crippen LogP contribution in [0.15, 0.2) is 61.1 Å². The molecule has 8 nitrogen and oxygen atoms in total. The molecule has 0 aliphatic carbocycles. The molecule has 3 rings (SSSR count). The first-order valence-corrected chi connectivity index (χ1v) is 8.58. The molecule has 0 spiro atoms. The summed E-state index contributed by atoms with van der Waals surface area (Å²) >= 11 is 0. The first-order valence-electron chi connectivity index (χ1n) is 8.58. The van der Waals surface area contributed by atoms with Crippen LogP contribution in [0.3, 0.4) is 0 Å². The summed E-state index contributed by atoms with van der Waals surface area (Å²) in [7, 11) is 1.83. The predicted molar refractivity (Wildman–Crippen MR) is 109 cm³/mol. The van der Waals surface area contributed by atoms with Crippen molar-refractivity contribution in [2.75, 3.05) is 16.4 Å². The number of hydrogen-bond acceptors (Lipinski definition) is 5. The Morgan fingerprint density at radius 3 is 2.64 bits per heavy atom. The van der Waals surface area contributed by atoms with E-state index < -0.39 is 0 Å². The van der Waals surface area contributed by atoms with Crippen LogP contribution in [0, 0.1) is 0 Å². The highest BCUT2D eigenvalue weighted by molar-refractivity contribution is 6.04. The Hall–Kier alpha value is -3.94. The molecule has 28 heavy (non-hydrogen) atoms. The number of nitrogen functional groups attached to an aromatic ring is 1. The van der Waals surface area contributed by atoms with Crippen molar-refractivity contribution in [1.29, 1.82) is 0 Å². The molecule has 142 valence electrons. The highest BCUT2D eigenvalue weighted by Crippen LogP contribution is 2.17. The van der Waals surface area contributed by atoms with Gasteiger partial charge in [0.1, 0.15) is 5.69 Å². The standard InChI is InChI=1S/C20H20N6O2/c1-26-13-14(11-23-26)5-4-8-19(27)24-15-9-10-18(22-12-15)20(28)25-17-7-3-2-6-16(17)21/h2-7,9-13H,8,21H2,1H3,(H,24,27)(H,25,28)/b5-4+. The molecule has 0 aliphatic heterocycles. The number of hydrogen-bond donors (Lipinski definition) is 3. The highest BCUT2D eigenvalue weighted by atomic mass is 16.2. The normalized spacial score (nSPS) is 10.8. The SMILES string of the molecule is Cn1cc(/C=C/CC(=O)Nc2ccc(C(=O)Nc3ccccc3N)nc2)cn1. The molecule has 0 aliphatic rings. The van der Waals surface area contributed by atoms with Crippen LogP contribution >= 0.6 is 0 Å². The number of nitrogens with one attached hydrogen (secondary N) is 2. The summed E-state index contributed by atoms with van der Waals surface area (Å²) in [5.74, 6) is -0.564. The third kappa shape index (κ3) is 5.04. The Kier molecular flexibility index (Phi) is 5.81. The van der Waals surface area contributed by atoms with Crippen molar-refractivity contribution in [2.45, 2.75) is 6.42 Å². The van der Waals surface area contributed by atoms with Crippen LogP contribution in [-0.4, -0.2) is 26.6 Å². The lowest BCUT2D eigenvalue weighted by atomic mass is 10.2. The van der Waals surface area contributed by atoms with E-state index in [1.165, 1.54) is 12.3 Å². The second-order valence-corrected chi connectivity index (χ2v) is 6.08. The topological polar surface area (TPSA) is 115 Å². The number of carbonyl (C=O) groups excluding carboxylic acids is 2. The van der Waals surface area contributed by atoms with Gasteiger partial charge >= 0.3 is 0 Å². The van der Waals surface area contributed by atoms with E-state index >= 15 is 0 Å². The Morgan fingerprint density at radius 1 is 1.14 bits per heavy atom. The zero-order valence-corrected chi connectivity index (χ0v) is 15.3. The lowest BCUT2D eigenvalue weighted by Gasteiger charge is -2.08. The molecule has 8 heteroatoms. The predicted octanol–water partition coefficient (Wildman–Crippen LogP) is 2.69. The van der Waals surface area contributed by atoms with Crippen molar-refractivity contribution in [1.82, 2.24) is 14.8 Å². The summed E-state index contributed by atoms with van der Waals surface area (Å²) < 4.78 is 1.69. The number of benzene rings is 1. The molecule has 2 amide bonds. The maximum Gasteiger partial charge on any atom is 0.274 e. The van der Waals surface area contributed by atoms with Crippen LogP contribution in [0.4, 0.5) is 17.1 Å². The molecular formula is C20H20N6O2. The van der Waals surface area contributed by atoms with E-state index in [1.54, 1.807) is 47.3 Å². The number of aromatic nitrogens is 3. The van der Waals surface area contributed by atoms with Gasteiger partial charge in [-0.25, -0.2) is 4.98 Å². The van der Waals surface area contributed by atoms with Crippen LogP contribution in [0.2, 0.25) is 0 Å². The second-order valence-electron chi connectivity index (χ2n) is 6.08. The zero-order chi connectivity index (χ0) is 19.9. The summed E-state index contributed by atoms with van der Waals surface area (Å²) in [6.07, 6.45) is 8.80. The molecule has 0 radical (unpaired) electrons. The molecule has 0 saturated heterocycles. The number of carbonyl (C=O) groups is 2. The molecule has 2 heterocycles. The van der Waals surface area contributed by atoms with Gasteiger partial charge < -0.3 is 16.4 Å². The number of nitrogens with two attached hydrogens (primary N) is 1. The smallest absolute Gasteiger partial charge is 0.274 e. The fraction of sp³-hybridized carbons (Fsp3) is 0.100. The number of para-hydroxylation sites is 2. The quantitative estimate of drug-likeness (QED) is 0.572. The van der Waals surface area contributed by atoms with Gasteiger partial charge in [0.25, 0.3) is 5.91 Å². The number of aryl methyl sites for hydroxylation is 1. The molecule has 0 unspecified atom stereocenters. The van der Waals surface area contributed by atoms with Crippen molar-refractivity contribution in [3.63, 3.8) is 0 Å².